The summed E-state index contributed by atoms with van der Waals surface area (Å²) in [5.41, 5.74) is -4.07. The van der Waals surface area contributed by atoms with Gasteiger partial charge in [-0.1, -0.05) is 159 Å². The summed E-state index contributed by atoms with van der Waals surface area (Å²) in [5.74, 6) is -47.2. The van der Waals surface area contributed by atoms with Crippen LogP contribution in [0, 0.1) is 87.3 Å². The molecular weight excluding hydrogens is 1080 g/mol. The van der Waals surface area contributed by atoms with E-state index in [1.54, 1.807) is 118 Å². The average molecular weight is 1130 g/mol. The lowest BCUT2D eigenvalue weighted by molar-refractivity contribution is -0.292. The Morgan fingerprint density at radius 1 is 0.388 bits per heavy atom. The van der Waals surface area contributed by atoms with Crippen molar-refractivity contribution in [3.05, 3.63) is 229 Å². The third-order valence-electron chi connectivity index (χ3n) is 15.5. The molecule has 0 bridgehead atoms. The van der Waals surface area contributed by atoms with E-state index >= 15 is 65.9 Å². The number of halogens is 15. The Morgan fingerprint density at radius 3 is 0.975 bits per heavy atom. The molecule has 7 aromatic rings. The van der Waals surface area contributed by atoms with Gasteiger partial charge in [0.1, 0.15) is 46.8 Å². The molecule has 0 atom stereocenters. The van der Waals surface area contributed by atoms with Gasteiger partial charge in [-0.05, 0) is 52.8 Å². The Bertz CT molecular complexity index is 3440. The van der Waals surface area contributed by atoms with E-state index in [4.69, 9.17) is 0 Å². The van der Waals surface area contributed by atoms with Crippen LogP contribution in [0.15, 0.2) is 109 Å². The number of allylic oxidation sites excluding steroid dienone is 2. The van der Waals surface area contributed by atoms with Crippen LogP contribution in [0.5, 0.6) is 0 Å². The summed E-state index contributed by atoms with van der Waals surface area (Å²) in [4.78, 5) is 0. The topological polar surface area (TPSA) is 6.25 Å². The van der Waals surface area contributed by atoms with Crippen molar-refractivity contribution in [1.82, 2.24) is 0 Å². The highest BCUT2D eigenvalue weighted by atomic mass is 28.4. The lowest BCUT2D eigenvalue weighted by Crippen LogP contribution is -2.74. The van der Waals surface area contributed by atoms with Gasteiger partial charge in [-0.3, -0.25) is 0 Å². The normalized spacial score (nSPS) is 14.6. The predicted octanol–water partition coefficient (Wildman–Crippen LogP) is 16.1. The maximum atomic E-state index is 17.4. The van der Waals surface area contributed by atoms with Crippen LogP contribution in [0.3, 0.4) is 0 Å². The Kier molecular flexibility index (Phi) is 15.1. The maximum absolute atomic E-state index is 17.4. The Hall–Kier alpha value is -7.28. The predicted molar refractivity (Wildman–Crippen MR) is 284 cm³/mol. The Labute approximate surface area is 453 Å². The number of benzene rings is 7. The first-order valence-corrected chi connectivity index (χ1v) is 27.6. The van der Waals surface area contributed by atoms with Gasteiger partial charge < -0.3 is 4.57 Å². The molecule has 19 heteroatoms. The smallest absolute Gasteiger partial charge is 0.309 e. The highest BCUT2D eigenvalue weighted by Gasteiger charge is 2.78. The molecule has 0 N–H and O–H groups in total. The minimum Gasteiger partial charge on any atom is -0.309 e. The van der Waals surface area contributed by atoms with Gasteiger partial charge in [0.2, 0.25) is 0 Å². The molecule has 2 aliphatic rings. The zero-order chi connectivity index (χ0) is 58.5. The first-order valence-electron chi connectivity index (χ1n) is 25.7. The summed E-state index contributed by atoms with van der Waals surface area (Å²) in [6.45, 7) is 16.4. The van der Waals surface area contributed by atoms with Crippen molar-refractivity contribution < 1.29 is 70.1 Å². The van der Waals surface area contributed by atoms with Gasteiger partial charge >= 0.3 is 8.40 Å². The fourth-order valence-corrected chi connectivity index (χ4v) is 17.8. The zero-order valence-corrected chi connectivity index (χ0v) is 45.5. The maximum Gasteiger partial charge on any atom is 0.552 e. The molecule has 0 unspecified atom stereocenters. The molecule has 0 saturated heterocycles. The van der Waals surface area contributed by atoms with Crippen LogP contribution in [0.2, 0.25) is 6.32 Å². The molecular formula is C61H50BF15N2Si. The summed E-state index contributed by atoms with van der Waals surface area (Å²) in [6, 6.07) is 28.2. The minimum atomic E-state index is -6.07. The number of anilines is 1. The summed E-state index contributed by atoms with van der Waals surface area (Å²) < 4.78 is 251. The van der Waals surface area contributed by atoms with Crippen LogP contribution < -0.4 is 21.0 Å². The molecule has 7 aromatic carbocycles. The molecule has 2 aliphatic heterocycles. The van der Waals surface area contributed by atoms with Gasteiger partial charge in [-0.25, -0.2) is 70.1 Å². The number of hydrogen-bond donors (Lipinski definition) is 0. The van der Waals surface area contributed by atoms with Crippen LogP contribution >= 0.6 is 0 Å². The number of nitrogens with zero attached hydrogens (tertiary/aromatic N) is 2. The van der Waals surface area contributed by atoms with Crippen LogP contribution in [-0.2, 0) is 0 Å². The lowest BCUT2D eigenvalue weighted by Gasteiger charge is -2.45. The van der Waals surface area contributed by atoms with Crippen molar-refractivity contribution in [2.45, 2.75) is 92.3 Å². The highest BCUT2D eigenvalue weighted by molar-refractivity contribution is 7.23. The van der Waals surface area contributed by atoms with Gasteiger partial charge in [0.15, 0.2) is 58.0 Å². The SMILES string of the molecule is CC1=CC(C[B-](c2c(F)c(F)c(F)c(F)c2F)(c2c(F)c(F)c(F)c(F)c2F)c2c(F)c(F)c(F)c(F)c2F)=[N+](c2c(C(C)C)cccc2C(C)C)[Si]2(C(c3ccccc3)=C2c2ccccc2)N1c1c(C(C)C)cccc1C(C)C. The van der Waals surface area contributed by atoms with E-state index in [1.807, 2.05) is 45.9 Å². The minimum absolute atomic E-state index is 0.141. The first-order chi connectivity index (χ1) is 37.7. The van der Waals surface area contributed by atoms with Crippen LogP contribution in [0.1, 0.15) is 119 Å². The molecule has 416 valence electrons. The summed E-state index contributed by atoms with van der Waals surface area (Å²) in [7, 11) is -4.62. The van der Waals surface area contributed by atoms with Crippen molar-refractivity contribution in [2.75, 3.05) is 4.57 Å². The van der Waals surface area contributed by atoms with Gasteiger partial charge in [0.05, 0.1) is 0 Å². The van der Waals surface area contributed by atoms with E-state index < -0.39 is 142 Å². The van der Waals surface area contributed by atoms with Gasteiger partial charge in [0, 0.05) is 39.0 Å². The summed E-state index contributed by atoms with van der Waals surface area (Å²) in [5, 5.41) is 1.11. The second-order valence-corrected chi connectivity index (χ2v) is 24.7. The molecule has 2 nitrogen and oxygen atoms in total. The van der Waals surface area contributed by atoms with Crippen LogP contribution in [-0.4, -0.2) is 24.5 Å². The van der Waals surface area contributed by atoms with Crippen LogP contribution in [0.4, 0.5) is 77.2 Å². The molecule has 9 rings (SSSR count). The Morgan fingerprint density at radius 2 is 0.675 bits per heavy atom. The lowest BCUT2D eigenvalue weighted by atomic mass is 9.13. The average Bonchev–Trinajstić information content (AvgIpc) is 3.47. The van der Waals surface area contributed by atoms with E-state index in [-0.39, 0.29) is 23.2 Å². The standard InChI is InChI=1S/C61H50BF15N2Si/c1-28(2)36-22-16-23-37(29(3)4)58(36)78-32(9)26-35(79(59-38(30(5)6)24-17-25-39(59)31(7)8)80(78)60(33-18-12-10-13-19-33)61(80)34-20-14-11-15-21-34)27-62(40-43(63)49(69)55(75)50(70)44(40)64,41-45(65)51(71)56(76)52(72)46(41)66)42-47(67)53(73)57(77)54(74)48(42)68/h10-26,28-31H,27H2,1-9H3. The molecule has 0 amide bonds. The van der Waals surface area contributed by atoms with Crippen molar-refractivity contribution in [3.63, 3.8) is 0 Å². The summed E-state index contributed by atoms with van der Waals surface area (Å²) in [6.07, 6.45) is -6.85. The fourth-order valence-electron chi connectivity index (χ4n) is 12.1. The van der Waals surface area contributed by atoms with Gasteiger partial charge in [-0.2, -0.15) is 0 Å². The van der Waals surface area contributed by atoms with E-state index in [2.05, 4.69) is 4.57 Å². The quantitative estimate of drug-likeness (QED) is 0.0483. The highest BCUT2D eigenvalue weighted by Crippen LogP contribution is 2.63. The first kappa shape index (κ1) is 57.4. The largest absolute Gasteiger partial charge is 0.552 e. The molecule has 0 saturated carbocycles. The Balaban J connectivity index is 1.66. The second kappa shape index (κ2) is 21.0. The van der Waals surface area contributed by atoms with E-state index in [1.165, 1.54) is 6.08 Å². The molecule has 0 fully saturated rings. The van der Waals surface area contributed by atoms with Crippen LogP contribution in [0.25, 0.3) is 10.4 Å². The molecule has 0 aromatic heterocycles. The summed E-state index contributed by atoms with van der Waals surface area (Å²) >= 11 is 0. The van der Waals surface area contributed by atoms with Crippen molar-refractivity contribution in [2.24, 2.45) is 0 Å². The van der Waals surface area contributed by atoms with Crippen molar-refractivity contribution in [1.29, 1.82) is 0 Å². The third-order valence-corrected chi connectivity index (χ3v) is 20.1. The van der Waals surface area contributed by atoms with E-state index in [9.17, 15) is 0 Å². The zero-order valence-electron chi connectivity index (χ0n) is 44.5. The monoisotopic (exact) mass is 1130 g/mol. The number of hydrogen-bond acceptors (Lipinski definition) is 1. The second-order valence-electron chi connectivity index (χ2n) is 21.5. The third kappa shape index (κ3) is 8.45. The van der Waals surface area contributed by atoms with Crippen molar-refractivity contribution in [3.8, 4) is 0 Å². The van der Waals surface area contributed by atoms with Gasteiger partial charge in [-0.15, -0.1) is 16.4 Å². The number of rotatable bonds is 13. The molecule has 2 heterocycles. The molecule has 80 heavy (non-hydrogen) atoms. The molecule has 0 aliphatic carbocycles. The number of para-hydroxylation sites is 2. The van der Waals surface area contributed by atoms with E-state index in [0.717, 1.165) is 11.1 Å². The molecule has 0 radical (unpaired) electrons. The van der Waals surface area contributed by atoms with Gasteiger partial charge in [0.25, 0.3) is 0 Å². The fraction of sp³-hybridized carbons (Fsp3) is 0.230. The molecule has 1 spiro atoms. The van der Waals surface area contributed by atoms with E-state index in [0.29, 0.717) is 38.3 Å². The van der Waals surface area contributed by atoms with Crippen molar-refractivity contribution >= 4 is 58.4 Å².